The summed E-state index contributed by atoms with van der Waals surface area (Å²) in [6.07, 6.45) is 0. The van der Waals surface area contributed by atoms with Gasteiger partial charge < -0.3 is 17.7 Å². The van der Waals surface area contributed by atoms with E-state index in [0.717, 1.165) is 132 Å². The molecular formula is C60H30O4. The quantitative estimate of drug-likeness (QED) is 0.132. The van der Waals surface area contributed by atoms with Crippen molar-refractivity contribution in [3.05, 3.63) is 182 Å². The largest absolute Gasteiger partial charge is 0.456 e. The lowest BCUT2D eigenvalue weighted by Crippen LogP contribution is -1.97. The molecule has 12 aromatic rings. The first-order valence-electron chi connectivity index (χ1n) is 21.8. The maximum Gasteiger partial charge on any atom is 0.136 e. The molecule has 4 heteroatoms. The van der Waals surface area contributed by atoms with Gasteiger partial charge in [-0.2, -0.15) is 0 Å². The summed E-state index contributed by atoms with van der Waals surface area (Å²) in [6.45, 7) is 0. The lowest BCUT2D eigenvalue weighted by molar-refractivity contribution is 0.646. The highest BCUT2D eigenvalue weighted by Gasteiger charge is 2.29. The second-order valence-corrected chi connectivity index (χ2v) is 17.4. The topological polar surface area (TPSA) is 52.6 Å². The zero-order chi connectivity index (χ0) is 41.4. The molecule has 12 aromatic carbocycles. The minimum Gasteiger partial charge on any atom is -0.456 e. The van der Waals surface area contributed by atoms with E-state index < -0.39 is 0 Å². The third kappa shape index (κ3) is 4.18. The summed E-state index contributed by atoms with van der Waals surface area (Å²) in [5, 5.41) is 13.6. The molecule has 0 saturated heterocycles. The van der Waals surface area contributed by atoms with Crippen LogP contribution in [0.2, 0.25) is 0 Å². The van der Waals surface area contributed by atoms with Gasteiger partial charge in [0.25, 0.3) is 0 Å². The molecule has 4 aliphatic rings. The van der Waals surface area contributed by atoms with E-state index in [1.807, 2.05) is 0 Å². The number of fused-ring (bicyclic) bond motifs is 2. The fourth-order valence-corrected chi connectivity index (χ4v) is 11.5. The van der Waals surface area contributed by atoms with Crippen molar-refractivity contribution in [2.75, 3.05) is 0 Å². The highest BCUT2D eigenvalue weighted by molar-refractivity contribution is 6.29. The Kier molecular flexibility index (Phi) is 6.02. The molecular weight excluding hydrogens is 785 g/mol. The molecule has 0 amide bonds. The van der Waals surface area contributed by atoms with Crippen molar-refractivity contribution < 1.29 is 17.7 Å². The molecule has 0 aromatic heterocycles. The molecule has 0 fully saturated rings. The maximum absolute atomic E-state index is 6.94. The Morgan fingerprint density at radius 2 is 0.609 bits per heavy atom. The second-order valence-electron chi connectivity index (χ2n) is 17.4. The monoisotopic (exact) mass is 814 g/mol. The molecule has 0 radical (unpaired) electrons. The van der Waals surface area contributed by atoms with Gasteiger partial charge in [0.05, 0.1) is 0 Å². The fraction of sp³-hybridized carbons (Fsp3) is 0. The van der Waals surface area contributed by atoms with Gasteiger partial charge in [0.15, 0.2) is 0 Å². The molecule has 0 N–H and O–H groups in total. The van der Waals surface area contributed by atoms with E-state index in [4.69, 9.17) is 17.7 Å². The van der Waals surface area contributed by atoms with Crippen LogP contribution < -0.4 is 0 Å². The summed E-state index contributed by atoms with van der Waals surface area (Å²) in [5.74, 6) is 0. The summed E-state index contributed by atoms with van der Waals surface area (Å²) in [7, 11) is 0. The Labute approximate surface area is 363 Å². The van der Waals surface area contributed by atoms with Crippen molar-refractivity contribution in [2.24, 2.45) is 0 Å². The Balaban J connectivity index is 0.915. The Morgan fingerprint density at radius 3 is 1.09 bits per heavy atom. The fourth-order valence-electron chi connectivity index (χ4n) is 11.5. The SMILES string of the molecule is c1ccc2c(-c3cc4ccc5oc6ccc(-c7ccc8oc9ccc%10cc(-c%11cccc%12ccccc%11%12)cc%11oc%12ccc7c8c%12-c9c%10%11)c7ccc8oc(c3)c4c5-c8c67)cccc2c1. The normalized spacial score (nSPS) is 12.7. The lowest BCUT2D eigenvalue weighted by Gasteiger charge is -2.23. The van der Waals surface area contributed by atoms with Crippen molar-refractivity contribution >= 4 is 109 Å². The average molecular weight is 815 g/mol. The molecule has 4 aliphatic heterocycles. The lowest BCUT2D eigenvalue weighted by atomic mass is 9.84. The van der Waals surface area contributed by atoms with Gasteiger partial charge in [0, 0.05) is 43.8 Å². The van der Waals surface area contributed by atoms with Gasteiger partial charge in [0.1, 0.15) is 44.7 Å². The molecule has 0 spiro atoms. The van der Waals surface area contributed by atoms with E-state index >= 15 is 0 Å². The minimum absolute atomic E-state index is 0.828. The van der Waals surface area contributed by atoms with Gasteiger partial charge >= 0.3 is 0 Å². The summed E-state index contributed by atoms with van der Waals surface area (Å²) in [5.41, 5.74) is 17.9. The molecule has 0 aliphatic carbocycles. The van der Waals surface area contributed by atoms with Crippen molar-refractivity contribution in [1.29, 1.82) is 0 Å². The van der Waals surface area contributed by atoms with E-state index in [0.29, 0.717) is 0 Å². The van der Waals surface area contributed by atoms with Crippen molar-refractivity contribution in [3.63, 3.8) is 0 Å². The predicted octanol–water partition coefficient (Wildman–Crippen LogP) is 17.7. The predicted molar refractivity (Wildman–Crippen MR) is 262 cm³/mol. The summed E-state index contributed by atoms with van der Waals surface area (Å²) >= 11 is 0. The molecule has 16 rings (SSSR count). The van der Waals surface area contributed by atoms with E-state index in [9.17, 15) is 0 Å². The van der Waals surface area contributed by atoms with Crippen LogP contribution in [0.1, 0.15) is 0 Å². The molecule has 4 heterocycles. The number of hydrogen-bond donors (Lipinski definition) is 0. The van der Waals surface area contributed by atoms with Crippen LogP contribution in [0.4, 0.5) is 0 Å². The highest BCUT2D eigenvalue weighted by Crippen LogP contribution is 2.53. The van der Waals surface area contributed by atoms with Crippen LogP contribution in [0, 0.1) is 0 Å². The van der Waals surface area contributed by atoms with Gasteiger partial charge in [-0.15, -0.1) is 0 Å². The Morgan fingerprint density at radius 1 is 0.219 bits per heavy atom. The number of rotatable bonds is 3. The Bertz CT molecular complexity index is 4250. The molecule has 0 atom stereocenters. The van der Waals surface area contributed by atoms with Crippen molar-refractivity contribution in [2.45, 2.75) is 0 Å². The molecule has 0 saturated carbocycles. The standard InChI is InChI=1S/C60H30O4/c1-3-11-37-31(7-1)9-5-13-39(37)35-27-33-15-21-47-57-53(33)51(29-35)63-49-25-19-43-41(17-23-45(61-47)55(43)59(49)57)42-18-24-46-56-44(42)20-26-50-60(56)58-48(62-46)22-16-34-28-36(30-52(64-50)54(34)58)40-14-6-10-32-8-2-4-12-38(32)40/h1-30H. The number of hydrogen-bond acceptors (Lipinski definition) is 4. The highest BCUT2D eigenvalue weighted by atomic mass is 16.3. The summed E-state index contributed by atoms with van der Waals surface area (Å²) in [4.78, 5) is 0. The van der Waals surface area contributed by atoms with Crippen LogP contribution in [-0.4, -0.2) is 0 Å². The maximum atomic E-state index is 6.94. The van der Waals surface area contributed by atoms with E-state index in [1.54, 1.807) is 0 Å². The van der Waals surface area contributed by atoms with Gasteiger partial charge in [-0.25, -0.2) is 0 Å². The van der Waals surface area contributed by atoms with E-state index in [-0.39, 0.29) is 0 Å². The van der Waals surface area contributed by atoms with Crippen LogP contribution in [0.5, 0.6) is 0 Å². The molecule has 64 heavy (non-hydrogen) atoms. The smallest absolute Gasteiger partial charge is 0.136 e. The Hall–Kier alpha value is -8.60. The van der Waals surface area contributed by atoms with Crippen LogP contribution in [-0.2, 0) is 0 Å². The van der Waals surface area contributed by atoms with Gasteiger partial charge in [0.2, 0.25) is 0 Å². The molecule has 0 unspecified atom stereocenters. The van der Waals surface area contributed by atoms with Crippen LogP contribution in [0.25, 0.3) is 165 Å². The minimum atomic E-state index is 0.828. The first-order chi connectivity index (χ1) is 31.7. The molecule has 294 valence electrons. The third-order valence-corrected chi connectivity index (χ3v) is 14.2. The van der Waals surface area contributed by atoms with Crippen LogP contribution >= 0.6 is 0 Å². The van der Waals surface area contributed by atoms with E-state index in [1.165, 1.54) is 32.7 Å². The zero-order valence-electron chi connectivity index (χ0n) is 34.0. The average Bonchev–Trinajstić information content (AvgIpc) is 3.35. The van der Waals surface area contributed by atoms with Crippen LogP contribution in [0.3, 0.4) is 0 Å². The van der Waals surface area contributed by atoms with E-state index in [2.05, 4.69) is 182 Å². The van der Waals surface area contributed by atoms with Gasteiger partial charge in [-0.3, -0.25) is 0 Å². The summed E-state index contributed by atoms with van der Waals surface area (Å²) < 4.78 is 27.5. The first-order valence-corrected chi connectivity index (χ1v) is 21.8. The van der Waals surface area contributed by atoms with Gasteiger partial charge in [-0.05, 0) is 149 Å². The van der Waals surface area contributed by atoms with Gasteiger partial charge in [-0.1, -0.05) is 109 Å². The second kappa shape index (κ2) is 11.6. The van der Waals surface area contributed by atoms with Crippen molar-refractivity contribution in [3.8, 4) is 55.6 Å². The van der Waals surface area contributed by atoms with Crippen molar-refractivity contribution in [1.82, 2.24) is 0 Å². The molecule has 0 bridgehead atoms. The number of benzene rings is 12. The first kappa shape index (κ1) is 33.1. The van der Waals surface area contributed by atoms with Crippen LogP contribution in [0.15, 0.2) is 200 Å². The summed E-state index contributed by atoms with van der Waals surface area (Å²) in [6, 6.07) is 65.0. The zero-order valence-corrected chi connectivity index (χ0v) is 34.0. The third-order valence-electron chi connectivity index (χ3n) is 14.2. The molecule has 4 nitrogen and oxygen atoms in total.